The van der Waals surface area contributed by atoms with Crippen LogP contribution in [0.4, 0.5) is 0 Å². The number of hydrogen-bond donors (Lipinski definition) is 0. The van der Waals surface area contributed by atoms with E-state index in [-0.39, 0.29) is 10.8 Å². The lowest BCUT2D eigenvalue weighted by Gasteiger charge is -2.39. The topological polar surface area (TPSA) is 13.1 Å². The molecule has 2 aliphatic carbocycles. The predicted octanol–water partition coefficient (Wildman–Crippen LogP) is 6.56. The second-order valence-electron chi connectivity index (χ2n) is 7.03. The van der Waals surface area contributed by atoms with Crippen LogP contribution in [0.15, 0.2) is 77.3 Å². The summed E-state index contributed by atoms with van der Waals surface area (Å²) in [5, 5.41) is 1.18. The van der Waals surface area contributed by atoms with Crippen molar-refractivity contribution in [3.05, 3.63) is 84.2 Å². The molecule has 1 heterocycles. The highest BCUT2D eigenvalue weighted by molar-refractivity contribution is 5.91. The maximum absolute atomic E-state index is 6.04. The van der Waals surface area contributed by atoms with Gasteiger partial charge in [0.05, 0.1) is 0 Å². The molecule has 2 unspecified atom stereocenters. The number of rotatable bonds is 1. The molecule has 0 N–H and O–H groups in total. The van der Waals surface area contributed by atoms with Crippen molar-refractivity contribution in [2.24, 2.45) is 10.8 Å². The number of hydrogen-bond acceptors (Lipinski definition) is 1. The standard InChI is InChI=1S/C23H22O/c1-22(14-8-4-3-5-9-15-22)23(2)16-12-19-18-10-6-7-11-20(18)24-21(19)13-17-23/h3-4,6-17H,5H2,1-2H3/b4-3-,14-8-,15-9-. The first-order valence-corrected chi connectivity index (χ1v) is 8.53. The van der Waals surface area contributed by atoms with Crippen LogP contribution in [0.2, 0.25) is 0 Å². The molecule has 24 heavy (non-hydrogen) atoms. The van der Waals surface area contributed by atoms with Crippen molar-refractivity contribution in [1.29, 1.82) is 0 Å². The van der Waals surface area contributed by atoms with Crippen LogP contribution in [0.25, 0.3) is 23.1 Å². The summed E-state index contributed by atoms with van der Waals surface area (Å²) in [7, 11) is 0. The van der Waals surface area contributed by atoms with Crippen LogP contribution in [0.1, 0.15) is 31.6 Å². The quantitative estimate of drug-likeness (QED) is 0.543. The molecule has 1 aromatic heterocycles. The minimum Gasteiger partial charge on any atom is -0.456 e. The lowest BCUT2D eigenvalue weighted by Crippen LogP contribution is -2.31. The molecule has 4 rings (SSSR count). The van der Waals surface area contributed by atoms with Gasteiger partial charge in [-0.3, -0.25) is 0 Å². The zero-order valence-corrected chi connectivity index (χ0v) is 14.2. The maximum atomic E-state index is 6.04. The number of para-hydroxylation sites is 1. The highest BCUT2D eigenvalue weighted by Gasteiger charge is 2.38. The Labute approximate surface area is 143 Å². The predicted molar refractivity (Wildman–Crippen MR) is 103 cm³/mol. The summed E-state index contributed by atoms with van der Waals surface area (Å²) >= 11 is 0. The Bertz CT molecular complexity index is 919. The van der Waals surface area contributed by atoms with Gasteiger partial charge in [0.15, 0.2) is 0 Å². The summed E-state index contributed by atoms with van der Waals surface area (Å²) in [6.07, 6.45) is 23.3. The molecular weight excluding hydrogens is 292 g/mol. The first-order valence-electron chi connectivity index (χ1n) is 8.53. The molecule has 0 bridgehead atoms. The van der Waals surface area contributed by atoms with E-state index in [1.54, 1.807) is 0 Å². The zero-order valence-electron chi connectivity index (χ0n) is 14.2. The molecule has 0 fully saturated rings. The molecule has 2 aromatic rings. The van der Waals surface area contributed by atoms with Crippen LogP contribution in [-0.4, -0.2) is 0 Å². The van der Waals surface area contributed by atoms with Crippen molar-refractivity contribution in [1.82, 2.24) is 0 Å². The molecule has 0 spiro atoms. The molecule has 0 aliphatic heterocycles. The molecule has 2 aliphatic rings. The Kier molecular flexibility index (Phi) is 3.45. The average Bonchev–Trinajstić information content (AvgIpc) is 2.83. The summed E-state index contributed by atoms with van der Waals surface area (Å²) in [6, 6.07) is 8.23. The third-order valence-electron chi connectivity index (χ3n) is 5.43. The van der Waals surface area contributed by atoms with E-state index >= 15 is 0 Å². The zero-order chi connectivity index (χ0) is 16.6. The SMILES string of the molecule is CC1(C2(C)/C=C\C=C/C/C=C\2)C=Cc2oc3ccccc3c2C=C1. The van der Waals surface area contributed by atoms with Crippen molar-refractivity contribution < 1.29 is 4.42 Å². The molecule has 0 amide bonds. The van der Waals surface area contributed by atoms with Gasteiger partial charge in [-0.1, -0.05) is 86.7 Å². The van der Waals surface area contributed by atoms with Gasteiger partial charge in [0, 0.05) is 21.8 Å². The fourth-order valence-electron chi connectivity index (χ4n) is 3.52. The fraction of sp³-hybridized carbons (Fsp3) is 0.217. The summed E-state index contributed by atoms with van der Waals surface area (Å²) in [5.74, 6) is 0.943. The monoisotopic (exact) mass is 314 g/mol. The minimum atomic E-state index is -0.117. The smallest absolute Gasteiger partial charge is 0.135 e. The molecular formula is C23H22O. The Morgan fingerprint density at radius 3 is 2.54 bits per heavy atom. The highest BCUT2D eigenvalue weighted by Crippen LogP contribution is 2.47. The van der Waals surface area contributed by atoms with Gasteiger partial charge in [-0.25, -0.2) is 0 Å². The van der Waals surface area contributed by atoms with Gasteiger partial charge in [0.1, 0.15) is 11.3 Å². The molecule has 2 atom stereocenters. The minimum absolute atomic E-state index is 0.0793. The van der Waals surface area contributed by atoms with E-state index in [0.717, 1.165) is 17.8 Å². The van der Waals surface area contributed by atoms with Crippen molar-refractivity contribution >= 4 is 23.1 Å². The Morgan fingerprint density at radius 1 is 0.833 bits per heavy atom. The third-order valence-corrected chi connectivity index (χ3v) is 5.43. The Balaban J connectivity index is 1.82. The molecule has 0 radical (unpaired) electrons. The number of benzene rings is 1. The first kappa shape index (κ1) is 15.0. The van der Waals surface area contributed by atoms with E-state index in [1.807, 2.05) is 12.1 Å². The fourth-order valence-corrected chi connectivity index (χ4v) is 3.52. The number of allylic oxidation sites excluding steroid dienone is 8. The van der Waals surface area contributed by atoms with E-state index < -0.39 is 0 Å². The van der Waals surface area contributed by atoms with Gasteiger partial charge >= 0.3 is 0 Å². The number of fused-ring (bicyclic) bond motifs is 3. The van der Waals surface area contributed by atoms with E-state index in [4.69, 9.17) is 4.42 Å². The summed E-state index contributed by atoms with van der Waals surface area (Å²) in [5.41, 5.74) is 1.92. The van der Waals surface area contributed by atoms with Gasteiger partial charge in [0.25, 0.3) is 0 Å². The van der Waals surface area contributed by atoms with Crippen LogP contribution >= 0.6 is 0 Å². The molecule has 0 saturated heterocycles. The van der Waals surface area contributed by atoms with Crippen LogP contribution < -0.4 is 0 Å². The van der Waals surface area contributed by atoms with E-state index in [2.05, 4.69) is 86.7 Å². The van der Waals surface area contributed by atoms with E-state index in [1.165, 1.54) is 10.9 Å². The lowest BCUT2D eigenvalue weighted by atomic mass is 9.64. The van der Waals surface area contributed by atoms with Crippen LogP contribution in [0.5, 0.6) is 0 Å². The normalized spacial score (nSPS) is 32.6. The largest absolute Gasteiger partial charge is 0.456 e. The average molecular weight is 314 g/mol. The lowest BCUT2D eigenvalue weighted by molar-refractivity contribution is 0.318. The molecule has 1 nitrogen and oxygen atoms in total. The van der Waals surface area contributed by atoms with Gasteiger partial charge in [-0.2, -0.15) is 0 Å². The van der Waals surface area contributed by atoms with Crippen LogP contribution in [0, 0.1) is 10.8 Å². The molecule has 0 saturated carbocycles. The second-order valence-corrected chi connectivity index (χ2v) is 7.03. The molecule has 1 heteroatoms. The van der Waals surface area contributed by atoms with Gasteiger partial charge in [-0.05, 0) is 18.6 Å². The van der Waals surface area contributed by atoms with E-state index in [0.29, 0.717) is 0 Å². The van der Waals surface area contributed by atoms with Crippen LogP contribution in [0.3, 0.4) is 0 Å². The van der Waals surface area contributed by atoms with Gasteiger partial charge in [0.2, 0.25) is 0 Å². The summed E-state index contributed by atoms with van der Waals surface area (Å²) in [6.45, 7) is 4.58. The molecule has 1 aromatic carbocycles. The van der Waals surface area contributed by atoms with Gasteiger partial charge < -0.3 is 4.42 Å². The van der Waals surface area contributed by atoms with Crippen LogP contribution in [-0.2, 0) is 0 Å². The number of furan rings is 1. The third kappa shape index (κ3) is 2.32. The Hall–Kier alpha value is -2.54. The Morgan fingerprint density at radius 2 is 1.62 bits per heavy atom. The molecule has 120 valence electrons. The van der Waals surface area contributed by atoms with Crippen molar-refractivity contribution in [3.63, 3.8) is 0 Å². The van der Waals surface area contributed by atoms with Crippen molar-refractivity contribution in [2.45, 2.75) is 20.3 Å². The van der Waals surface area contributed by atoms with E-state index in [9.17, 15) is 0 Å². The summed E-state index contributed by atoms with van der Waals surface area (Å²) in [4.78, 5) is 0. The van der Waals surface area contributed by atoms with Crippen molar-refractivity contribution in [2.75, 3.05) is 0 Å². The highest BCUT2D eigenvalue weighted by atomic mass is 16.3. The first-order chi connectivity index (χ1) is 11.6. The summed E-state index contributed by atoms with van der Waals surface area (Å²) < 4.78 is 6.04. The second kappa shape index (κ2) is 5.52. The van der Waals surface area contributed by atoms with Crippen molar-refractivity contribution in [3.8, 4) is 0 Å². The maximum Gasteiger partial charge on any atom is 0.135 e. The van der Waals surface area contributed by atoms with Gasteiger partial charge in [-0.15, -0.1) is 0 Å².